The van der Waals surface area contributed by atoms with Crippen molar-refractivity contribution in [2.24, 2.45) is 0 Å². The fraction of sp³-hybridized carbons (Fsp3) is 0. The van der Waals surface area contributed by atoms with E-state index in [2.05, 4.69) is 148 Å². The van der Waals surface area contributed by atoms with E-state index < -0.39 is 0 Å². The van der Waals surface area contributed by atoms with Crippen LogP contribution in [-0.2, 0) is 0 Å². The molecule has 6 rings (SSSR count). The fourth-order valence-corrected chi connectivity index (χ4v) is 4.88. The van der Waals surface area contributed by atoms with Gasteiger partial charge in [0.2, 0.25) is 0 Å². The van der Waals surface area contributed by atoms with E-state index in [0.29, 0.717) is 0 Å². The number of halogens is 1. The molecule has 0 bridgehead atoms. The van der Waals surface area contributed by atoms with Crippen LogP contribution in [0.2, 0.25) is 0 Å². The second kappa shape index (κ2) is 7.95. The van der Waals surface area contributed by atoms with Gasteiger partial charge in [-0.05, 0) is 81.1 Å². The number of nitrogens with zero attached hydrogens (tertiary/aromatic N) is 1. The lowest BCUT2D eigenvalue weighted by molar-refractivity contribution is 1.15. The normalized spacial score (nSPS) is 11.3. The maximum absolute atomic E-state index is 2.42. The van der Waals surface area contributed by atoms with E-state index in [1.165, 1.54) is 53.3 Å². The van der Waals surface area contributed by atoms with Gasteiger partial charge in [-0.15, -0.1) is 0 Å². The van der Waals surface area contributed by atoms with E-state index in [-0.39, 0.29) is 0 Å². The van der Waals surface area contributed by atoms with Crippen molar-refractivity contribution in [3.8, 4) is 28.1 Å². The number of benzene rings is 5. The summed E-state index contributed by atoms with van der Waals surface area (Å²) < 4.78 is 3.66. The lowest BCUT2D eigenvalue weighted by atomic mass is 9.99. The number of hydrogen-bond acceptors (Lipinski definition) is 0. The Hall–Kier alpha value is -3.37. The van der Waals surface area contributed by atoms with Crippen LogP contribution in [0.1, 0.15) is 0 Å². The molecular weight excluding hydrogens is 502 g/mol. The van der Waals surface area contributed by atoms with Crippen LogP contribution in [0.3, 0.4) is 0 Å². The Morgan fingerprint density at radius 3 is 2.00 bits per heavy atom. The number of hydrogen-bond donors (Lipinski definition) is 0. The second-order valence-electron chi connectivity index (χ2n) is 8.01. The van der Waals surface area contributed by atoms with Gasteiger partial charge in [0, 0.05) is 14.3 Å². The van der Waals surface area contributed by atoms with Gasteiger partial charge in [-0.1, -0.05) is 84.9 Å². The van der Waals surface area contributed by atoms with Gasteiger partial charge < -0.3 is 4.57 Å². The molecule has 0 aliphatic heterocycles. The first kappa shape index (κ1) is 19.3. The number of aromatic nitrogens is 1. The highest BCUT2D eigenvalue weighted by Gasteiger charge is 2.16. The smallest absolute Gasteiger partial charge is 0.0546 e. The first-order valence-corrected chi connectivity index (χ1v) is 11.8. The maximum Gasteiger partial charge on any atom is 0.0546 e. The molecule has 2 heteroatoms. The number of para-hydroxylation sites is 1. The molecule has 0 radical (unpaired) electrons. The van der Waals surface area contributed by atoms with Gasteiger partial charge >= 0.3 is 0 Å². The minimum atomic E-state index is 1.21. The molecule has 0 spiro atoms. The Bertz CT molecular complexity index is 1560. The molecule has 5 aromatic carbocycles. The zero-order valence-electron chi connectivity index (χ0n) is 17.4. The quantitative estimate of drug-likeness (QED) is 0.205. The topological polar surface area (TPSA) is 4.93 Å². The molecule has 1 heterocycles. The minimum absolute atomic E-state index is 1.21. The van der Waals surface area contributed by atoms with E-state index in [9.17, 15) is 0 Å². The molecule has 1 nitrogen and oxygen atoms in total. The Balaban J connectivity index is 1.72. The maximum atomic E-state index is 2.42. The van der Waals surface area contributed by atoms with Crippen molar-refractivity contribution in [2.75, 3.05) is 0 Å². The van der Waals surface area contributed by atoms with Crippen LogP contribution in [0.4, 0.5) is 0 Å². The van der Waals surface area contributed by atoms with Gasteiger partial charge in [0.05, 0.1) is 16.9 Å². The number of rotatable bonds is 3. The van der Waals surface area contributed by atoms with Gasteiger partial charge in [0.15, 0.2) is 0 Å². The molecule has 0 saturated heterocycles. The van der Waals surface area contributed by atoms with Crippen LogP contribution < -0.4 is 0 Å². The van der Waals surface area contributed by atoms with Crippen LogP contribution in [0, 0.1) is 3.57 Å². The molecule has 0 N–H and O–H groups in total. The highest BCUT2D eigenvalue weighted by Crippen LogP contribution is 2.37. The zero-order valence-corrected chi connectivity index (χ0v) is 19.5. The van der Waals surface area contributed by atoms with E-state index in [1.807, 2.05) is 0 Å². The summed E-state index contributed by atoms with van der Waals surface area (Å²) in [7, 11) is 0. The first-order chi connectivity index (χ1) is 15.8. The van der Waals surface area contributed by atoms with Crippen LogP contribution in [-0.4, -0.2) is 4.57 Å². The number of fused-ring (bicyclic) bond motifs is 2. The van der Waals surface area contributed by atoms with E-state index in [0.717, 1.165) is 0 Å². The molecule has 0 saturated carbocycles. The average Bonchev–Trinajstić information content (AvgIpc) is 3.24. The predicted molar refractivity (Wildman–Crippen MR) is 144 cm³/mol. The van der Waals surface area contributed by atoms with Crippen molar-refractivity contribution in [1.82, 2.24) is 4.57 Å². The van der Waals surface area contributed by atoms with Gasteiger partial charge in [-0.3, -0.25) is 0 Å². The Kier molecular flexibility index (Phi) is 4.80. The molecule has 0 amide bonds. The monoisotopic (exact) mass is 522 g/mol. The van der Waals surface area contributed by atoms with Crippen LogP contribution in [0.25, 0.3) is 49.7 Å². The van der Waals surface area contributed by atoms with Gasteiger partial charge in [-0.2, -0.15) is 0 Å². The van der Waals surface area contributed by atoms with Crippen molar-refractivity contribution in [3.05, 3.63) is 125 Å². The standard InChI is InChI=1S/C30H20IN/c31-26-16-14-22(15-17-26)29-19-24-11-5-7-13-28(24)32(29)30-20-25(21-8-2-1-3-9-21)18-23-10-4-6-12-27(23)30/h1-20H/i29+1. The van der Waals surface area contributed by atoms with E-state index in [4.69, 9.17) is 0 Å². The summed E-state index contributed by atoms with van der Waals surface area (Å²) in [6.45, 7) is 0. The van der Waals surface area contributed by atoms with Crippen molar-refractivity contribution >= 4 is 44.3 Å². The summed E-state index contributed by atoms with van der Waals surface area (Å²) in [6.07, 6.45) is 0. The zero-order chi connectivity index (χ0) is 21.5. The highest BCUT2D eigenvalue weighted by atomic mass is 127. The van der Waals surface area contributed by atoms with Crippen LogP contribution >= 0.6 is 22.6 Å². The summed E-state index contributed by atoms with van der Waals surface area (Å²) in [5.74, 6) is 0. The summed E-state index contributed by atoms with van der Waals surface area (Å²) in [5, 5.41) is 3.74. The molecule has 6 aromatic rings. The predicted octanol–water partition coefficient (Wildman–Crippen LogP) is 8.72. The lowest BCUT2D eigenvalue weighted by Crippen LogP contribution is -1.99. The SMILES string of the molecule is Ic1ccc(-[13c]2cc3ccccc3n2-c2cc(-c3ccccc3)cc3ccccc23)cc1. The minimum Gasteiger partial charge on any atom is -0.309 e. The van der Waals surface area contributed by atoms with Crippen molar-refractivity contribution in [2.45, 2.75) is 0 Å². The molecule has 32 heavy (non-hydrogen) atoms. The van der Waals surface area contributed by atoms with Crippen molar-refractivity contribution in [3.63, 3.8) is 0 Å². The molecular formula is C30H20IN. The molecule has 0 aliphatic rings. The third-order valence-corrected chi connectivity index (χ3v) is 6.76. The molecule has 0 unspecified atom stereocenters. The van der Waals surface area contributed by atoms with Crippen LogP contribution in [0.5, 0.6) is 0 Å². The van der Waals surface area contributed by atoms with E-state index in [1.54, 1.807) is 0 Å². The average molecular weight is 522 g/mol. The highest BCUT2D eigenvalue weighted by molar-refractivity contribution is 14.1. The Morgan fingerprint density at radius 1 is 0.500 bits per heavy atom. The van der Waals surface area contributed by atoms with E-state index >= 15 is 0 Å². The molecule has 0 aliphatic carbocycles. The lowest BCUT2D eigenvalue weighted by Gasteiger charge is -2.16. The summed E-state index contributed by atoms with van der Waals surface area (Å²) in [6, 6.07) is 43.7. The molecule has 0 atom stereocenters. The van der Waals surface area contributed by atoms with Crippen molar-refractivity contribution in [1.29, 1.82) is 0 Å². The van der Waals surface area contributed by atoms with Gasteiger partial charge in [0.1, 0.15) is 0 Å². The van der Waals surface area contributed by atoms with Gasteiger partial charge in [0.25, 0.3) is 0 Å². The Labute approximate surface area is 201 Å². The first-order valence-electron chi connectivity index (χ1n) is 10.7. The van der Waals surface area contributed by atoms with Gasteiger partial charge in [-0.25, -0.2) is 0 Å². The summed E-state index contributed by atoms with van der Waals surface area (Å²) in [5.41, 5.74) is 7.30. The summed E-state index contributed by atoms with van der Waals surface area (Å²) >= 11 is 2.37. The molecule has 152 valence electrons. The Morgan fingerprint density at radius 2 is 1.19 bits per heavy atom. The second-order valence-corrected chi connectivity index (χ2v) is 9.26. The third-order valence-electron chi connectivity index (χ3n) is 6.04. The molecule has 0 fully saturated rings. The van der Waals surface area contributed by atoms with Crippen LogP contribution in [0.15, 0.2) is 121 Å². The molecule has 1 aromatic heterocycles. The third kappa shape index (κ3) is 3.32. The largest absolute Gasteiger partial charge is 0.309 e. The summed E-state index contributed by atoms with van der Waals surface area (Å²) in [4.78, 5) is 0. The van der Waals surface area contributed by atoms with Crippen molar-refractivity contribution < 1.29 is 0 Å². The fourth-order valence-electron chi connectivity index (χ4n) is 4.52.